The van der Waals surface area contributed by atoms with Gasteiger partial charge in [0.15, 0.2) is 16.0 Å². The van der Waals surface area contributed by atoms with E-state index in [9.17, 15) is 9.59 Å². The van der Waals surface area contributed by atoms with E-state index in [1.54, 1.807) is 36.4 Å². The van der Waals surface area contributed by atoms with Crippen LogP contribution in [-0.2, 0) is 0 Å². The normalized spacial score (nSPS) is 10.8. The summed E-state index contributed by atoms with van der Waals surface area (Å²) in [4.78, 5) is 29.7. The van der Waals surface area contributed by atoms with Gasteiger partial charge < -0.3 is 5.32 Å². The number of ketones is 1. The number of anilines is 1. The summed E-state index contributed by atoms with van der Waals surface area (Å²) in [6.07, 6.45) is 0. The van der Waals surface area contributed by atoms with Gasteiger partial charge in [0.1, 0.15) is 0 Å². The van der Waals surface area contributed by atoms with Crippen molar-refractivity contribution in [2.45, 2.75) is 0 Å². The number of amides is 1. The second-order valence-corrected chi connectivity index (χ2v) is 8.74. The second kappa shape index (κ2) is 8.90. The third-order valence-electron chi connectivity index (χ3n) is 5.17. The molecule has 0 aliphatic heterocycles. The molecule has 2 N–H and O–H groups in total. The van der Waals surface area contributed by atoms with Crippen LogP contribution in [0.3, 0.4) is 0 Å². The van der Waals surface area contributed by atoms with Crippen LogP contribution in [0.1, 0.15) is 26.3 Å². The van der Waals surface area contributed by atoms with Gasteiger partial charge in [0.05, 0.1) is 10.2 Å². The Balaban J connectivity index is 1.27. The molecule has 5 aromatic rings. The maximum atomic E-state index is 12.6. The van der Waals surface area contributed by atoms with Crippen molar-refractivity contribution >= 4 is 66.5 Å². The molecule has 0 bridgehead atoms. The highest BCUT2D eigenvalue weighted by Crippen LogP contribution is 2.32. The van der Waals surface area contributed by atoms with Gasteiger partial charge >= 0.3 is 0 Å². The van der Waals surface area contributed by atoms with Crippen LogP contribution in [0.25, 0.3) is 21.0 Å². The summed E-state index contributed by atoms with van der Waals surface area (Å²) in [5.74, 6) is -0.458. The molecule has 0 atom stereocenters. The van der Waals surface area contributed by atoms with E-state index < -0.39 is 0 Å². The van der Waals surface area contributed by atoms with E-state index in [2.05, 4.69) is 27.8 Å². The average Bonchev–Trinajstić information content (AvgIpc) is 3.27. The van der Waals surface area contributed by atoms with Crippen LogP contribution in [-0.4, -0.2) is 21.8 Å². The number of thiocarbonyl (C=S) groups is 1. The van der Waals surface area contributed by atoms with Gasteiger partial charge in [0, 0.05) is 22.1 Å². The SMILES string of the molecule is O=C(NC(=S)Nc1nc2ccc3ccccc3c2s1)c1ccc(C(=O)c2ccccc2)cc1. The molecule has 1 heterocycles. The predicted octanol–water partition coefficient (Wildman–Crippen LogP) is 5.81. The minimum absolute atomic E-state index is 0.0943. The van der Waals surface area contributed by atoms with Crippen LogP contribution in [0.4, 0.5) is 5.13 Å². The van der Waals surface area contributed by atoms with E-state index in [4.69, 9.17) is 12.2 Å². The molecule has 0 aliphatic rings. The van der Waals surface area contributed by atoms with Crippen LogP contribution < -0.4 is 10.6 Å². The molecule has 33 heavy (non-hydrogen) atoms. The first kappa shape index (κ1) is 20.9. The van der Waals surface area contributed by atoms with Gasteiger partial charge in [-0.15, -0.1) is 0 Å². The second-order valence-electron chi connectivity index (χ2n) is 7.33. The standard InChI is InChI=1S/C26H17N3O2S2/c30-22(17-7-2-1-3-8-17)18-10-12-19(13-11-18)24(31)28-25(32)29-26-27-21-15-14-16-6-4-5-9-20(16)23(21)33-26/h1-15H,(H2,27,28,29,31,32). The quantitative estimate of drug-likeness (QED) is 0.258. The third-order valence-corrected chi connectivity index (χ3v) is 6.40. The fourth-order valence-corrected chi connectivity index (χ4v) is 4.80. The van der Waals surface area contributed by atoms with E-state index in [1.807, 2.05) is 42.5 Å². The number of benzene rings is 4. The predicted molar refractivity (Wildman–Crippen MR) is 137 cm³/mol. The summed E-state index contributed by atoms with van der Waals surface area (Å²) < 4.78 is 1.06. The Morgan fingerprint density at radius 1 is 0.758 bits per heavy atom. The zero-order valence-electron chi connectivity index (χ0n) is 17.2. The van der Waals surface area contributed by atoms with Crippen molar-refractivity contribution in [3.05, 3.63) is 108 Å². The molecule has 0 saturated heterocycles. The summed E-state index contributed by atoms with van der Waals surface area (Å²) >= 11 is 6.80. The van der Waals surface area contributed by atoms with Crippen LogP contribution in [0.5, 0.6) is 0 Å². The Hall–Kier alpha value is -3.94. The van der Waals surface area contributed by atoms with E-state index in [-0.39, 0.29) is 16.8 Å². The highest BCUT2D eigenvalue weighted by Gasteiger charge is 2.13. The highest BCUT2D eigenvalue weighted by molar-refractivity contribution is 7.80. The first-order chi connectivity index (χ1) is 16.1. The number of nitrogens with one attached hydrogen (secondary N) is 2. The lowest BCUT2D eigenvalue weighted by atomic mass is 10.0. The number of carbonyl (C=O) groups is 2. The van der Waals surface area contributed by atoms with E-state index in [0.717, 1.165) is 21.0 Å². The molecule has 160 valence electrons. The van der Waals surface area contributed by atoms with Gasteiger partial charge in [0.25, 0.3) is 5.91 Å². The van der Waals surface area contributed by atoms with Crippen molar-refractivity contribution in [3.63, 3.8) is 0 Å². The molecule has 1 aromatic heterocycles. The minimum atomic E-state index is -0.363. The number of rotatable bonds is 4. The lowest BCUT2D eigenvalue weighted by molar-refractivity contribution is 0.0975. The van der Waals surface area contributed by atoms with Gasteiger partial charge in [-0.05, 0) is 35.8 Å². The largest absolute Gasteiger partial charge is 0.308 e. The van der Waals surface area contributed by atoms with Crippen molar-refractivity contribution in [2.24, 2.45) is 0 Å². The van der Waals surface area contributed by atoms with Crippen molar-refractivity contribution in [1.82, 2.24) is 10.3 Å². The first-order valence-corrected chi connectivity index (χ1v) is 11.4. The van der Waals surface area contributed by atoms with Crippen molar-refractivity contribution in [3.8, 4) is 0 Å². The van der Waals surface area contributed by atoms with Gasteiger partial charge in [-0.25, -0.2) is 4.98 Å². The van der Waals surface area contributed by atoms with Crippen molar-refractivity contribution < 1.29 is 9.59 Å². The number of fused-ring (bicyclic) bond motifs is 3. The van der Waals surface area contributed by atoms with Crippen LogP contribution in [0.2, 0.25) is 0 Å². The van der Waals surface area contributed by atoms with Crippen LogP contribution in [0, 0.1) is 0 Å². The molecule has 0 fully saturated rings. The Morgan fingerprint density at radius 2 is 1.42 bits per heavy atom. The Morgan fingerprint density at radius 3 is 2.21 bits per heavy atom. The number of aromatic nitrogens is 1. The van der Waals surface area contributed by atoms with Crippen molar-refractivity contribution in [1.29, 1.82) is 0 Å². The smallest absolute Gasteiger partial charge is 0.257 e. The summed E-state index contributed by atoms with van der Waals surface area (Å²) in [5, 5.41) is 8.71. The summed E-state index contributed by atoms with van der Waals surface area (Å²) in [5.41, 5.74) is 2.39. The van der Waals surface area contributed by atoms with Crippen LogP contribution >= 0.6 is 23.6 Å². The molecule has 1 amide bonds. The molecule has 0 radical (unpaired) electrons. The maximum Gasteiger partial charge on any atom is 0.257 e. The fourth-order valence-electron chi connectivity index (χ4n) is 3.54. The molecule has 0 unspecified atom stereocenters. The monoisotopic (exact) mass is 467 g/mol. The molecule has 7 heteroatoms. The molecule has 0 saturated carbocycles. The number of hydrogen-bond acceptors (Lipinski definition) is 5. The Bertz CT molecular complexity index is 1510. The zero-order valence-corrected chi connectivity index (χ0v) is 18.9. The maximum absolute atomic E-state index is 12.6. The van der Waals surface area contributed by atoms with Gasteiger partial charge in [-0.1, -0.05) is 84.1 Å². The number of nitrogens with zero attached hydrogens (tertiary/aromatic N) is 1. The average molecular weight is 468 g/mol. The molecule has 5 nitrogen and oxygen atoms in total. The lowest BCUT2D eigenvalue weighted by Gasteiger charge is -2.08. The Labute approximate surface area is 199 Å². The zero-order chi connectivity index (χ0) is 22.8. The lowest BCUT2D eigenvalue weighted by Crippen LogP contribution is -2.34. The molecule has 4 aromatic carbocycles. The minimum Gasteiger partial charge on any atom is -0.308 e. The van der Waals surface area contributed by atoms with E-state index in [0.29, 0.717) is 21.8 Å². The highest BCUT2D eigenvalue weighted by atomic mass is 32.1. The molecule has 5 rings (SSSR count). The number of hydrogen-bond donors (Lipinski definition) is 2. The van der Waals surface area contributed by atoms with E-state index in [1.165, 1.54) is 11.3 Å². The Kier molecular flexibility index (Phi) is 5.64. The number of thiazole rings is 1. The molecular weight excluding hydrogens is 450 g/mol. The third kappa shape index (κ3) is 4.37. The summed E-state index contributed by atoms with van der Waals surface area (Å²) in [7, 11) is 0. The van der Waals surface area contributed by atoms with E-state index >= 15 is 0 Å². The molecule has 0 aliphatic carbocycles. The first-order valence-electron chi connectivity index (χ1n) is 10.2. The summed E-state index contributed by atoms with van der Waals surface area (Å²) in [6, 6.07) is 27.6. The van der Waals surface area contributed by atoms with Gasteiger partial charge in [-0.2, -0.15) is 0 Å². The van der Waals surface area contributed by atoms with Gasteiger partial charge in [-0.3, -0.25) is 14.9 Å². The topological polar surface area (TPSA) is 71.1 Å². The van der Waals surface area contributed by atoms with Crippen LogP contribution in [0.15, 0.2) is 91.0 Å². The molecule has 0 spiro atoms. The van der Waals surface area contributed by atoms with Crippen molar-refractivity contribution in [2.75, 3.05) is 5.32 Å². The van der Waals surface area contributed by atoms with Gasteiger partial charge in [0.2, 0.25) is 0 Å². The molecular formula is C26H17N3O2S2. The number of carbonyl (C=O) groups excluding carboxylic acids is 2. The summed E-state index contributed by atoms with van der Waals surface area (Å²) in [6.45, 7) is 0. The fraction of sp³-hybridized carbons (Fsp3) is 0.